The molecule has 78 valence electrons. The van der Waals surface area contributed by atoms with Crippen molar-refractivity contribution < 1.29 is 0 Å². The fraction of sp³-hybridized carbons (Fsp3) is 1.00. The van der Waals surface area contributed by atoms with E-state index >= 15 is 0 Å². The number of hydrogen-bond donors (Lipinski definition) is 1. The van der Waals surface area contributed by atoms with E-state index in [1.54, 1.807) is 0 Å². The van der Waals surface area contributed by atoms with Crippen LogP contribution in [0.2, 0.25) is 0 Å². The Kier molecular flexibility index (Phi) is 5.18. The first-order chi connectivity index (χ1) is 6.22. The van der Waals surface area contributed by atoms with Gasteiger partial charge in [0, 0.05) is 17.0 Å². The minimum Gasteiger partial charge on any atom is -0.327 e. The van der Waals surface area contributed by atoms with E-state index in [1.807, 2.05) is 11.8 Å². The molecule has 2 unspecified atom stereocenters. The van der Waals surface area contributed by atoms with Gasteiger partial charge in [-0.3, -0.25) is 0 Å². The Morgan fingerprint density at radius 3 is 2.62 bits per heavy atom. The summed E-state index contributed by atoms with van der Waals surface area (Å²) in [6.07, 6.45) is 6.84. The van der Waals surface area contributed by atoms with Crippen LogP contribution in [0.25, 0.3) is 0 Å². The van der Waals surface area contributed by atoms with Crippen LogP contribution in [0.3, 0.4) is 0 Å². The van der Waals surface area contributed by atoms with Gasteiger partial charge < -0.3 is 5.73 Å². The first-order valence-corrected chi connectivity index (χ1v) is 6.64. The van der Waals surface area contributed by atoms with Gasteiger partial charge in [0.2, 0.25) is 0 Å². The van der Waals surface area contributed by atoms with Crippen molar-refractivity contribution in [3.05, 3.63) is 0 Å². The molecule has 0 aromatic carbocycles. The minimum absolute atomic E-state index is 0.448. The first kappa shape index (κ1) is 11.4. The van der Waals surface area contributed by atoms with E-state index in [9.17, 15) is 0 Å². The summed E-state index contributed by atoms with van der Waals surface area (Å²) in [4.78, 5) is 0. The zero-order chi connectivity index (χ0) is 9.68. The van der Waals surface area contributed by atoms with E-state index in [-0.39, 0.29) is 0 Å². The van der Waals surface area contributed by atoms with Crippen molar-refractivity contribution in [3.8, 4) is 0 Å². The van der Waals surface area contributed by atoms with Crippen molar-refractivity contribution in [3.63, 3.8) is 0 Å². The van der Waals surface area contributed by atoms with Gasteiger partial charge in [0.25, 0.3) is 0 Å². The highest BCUT2D eigenvalue weighted by Gasteiger charge is 2.20. The molecular weight excluding hydrogens is 178 g/mol. The Labute approximate surface area is 86.8 Å². The van der Waals surface area contributed by atoms with Gasteiger partial charge in [-0.25, -0.2) is 0 Å². The molecule has 1 rings (SSSR count). The summed E-state index contributed by atoms with van der Waals surface area (Å²) in [5.41, 5.74) is 6.07. The predicted octanol–water partition coefficient (Wildman–Crippen LogP) is 3.04. The first-order valence-electron chi connectivity index (χ1n) is 5.59. The molecule has 0 saturated heterocycles. The largest absolute Gasteiger partial charge is 0.327 e. The van der Waals surface area contributed by atoms with E-state index in [0.717, 1.165) is 16.9 Å². The van der Waals surface area contributed by atoms with Gasteiger partial charge in [-0.2, -0.15) is 11.8 Å². The lowest BCUT2D eigenvalue weighted by molar-refractivity contribution is 0.282. The Bertz CT molecular complexity index is 134. The van der Waals surface area contributed by atoms with Gasteiger partial charge in [-0.1, -0.05) is 33.1 Å². The van der Waals surface area contributed by atoms with Crippen LogP contribution in [-0.4, -0.2) is 17.0 Å². The predicted molar refractivity (Wildman–Crippen MR) is 62.1 cm³/mol. The summed E-state index contributed by atoms with van der Waals surface area (Å²) < 4.78 is 0. The van der Waals surface area contributed by atoms with Crippen molar-refractivity contribution in [2.45, 2.75) is 57.2 Å². The highest BCUT2D eigenvalue weighted by atomic mass is 32.2. The molecule has 0 heterocycles. The maximum Gasteiger partial charge on any atom is 0.0133 e. The molecule has 1 aliphatic carbocycles. The summed E-state index contributed by atoms with van der Waals surface area (Å²) in [6.45, 7) is 4.54. The van der Waals surface area contributed by atoms with Crippen LogP contribution in [0.5, 0.6) is 0 Å². The van der Waals surface area contributed by atoms with Crippen molar-refractivity contribution in [2.75, 3.05) is 5.75 Å². The Morgan fingerprint density at radius 1 is 1.46 bits per heavy atom. The summed E-state index contributed by atoms with van der Waals surface area (Å²) in [7, 11) is 0. The van der Waals surface area contributed by atoms with Crippen LogP contribution >= 0.6 is 11.8 Å². The molecule has 0 aliphatic heterocycles. The molecule has 2 heteroatoms. The second-order valence-electron chi connectivity index (χ2n) is 4.34. The van der Waals surface area contributed by atoms with Gasteiger partial charge in [0.05, 0.1) is 0 Å². The Morgan fingerprint density at radius 2 is 2.15 bits per heavy atom. The molecule has 1 nitrogen and oxygen atoms in total. The Balaban J connectivity index is 1.99. The van der Waals surface area contributed by atoms with Gasteiger partial charge in [0.15, 0.2) is 0 Å². The fourth-order valence-electron chi connectivity index (χ4n) is 1.63. The molecule has 0 amide bonds. The molecule has 0 radical (unpaired) electrons. The second-order valence-corrected chi connectivity index (χ2v) is 5.82. The number of nitrogens with two attached hydrogens (primary N) is 1. The molecule has 13 heavy (non-hydrogen) atoms. The topological polar surface area (TPSA) is 26.0 Å². The van der Waals surface area contributed by atoms with Crippen LogP contribution in [0, 0.1) is 5.92 Å². The van der Waals surface area contributed by atoms with E-state index in [4.69, 9.17) is 5.73 Å². The molecule has 1 saturated carbocycles. The van der Waals surface area contributed by atoms with Gasteiger partial charge >= 0.3 is 0 Å². The number of rotatable bonds is 6. The third-order valence-corrected chi connectivity index (χ3v) is 4.55. The highest BCUT2D eigenvalue weighted by Crippen LogP contribution is 2.30. The maximum absolute atomic E-state index is 6.07. The molecule has 0 spiro atoms. The van der Waals surface area contributed by atoms with Crippen LogP contribution in [0.15, 0.2) is 0 Å². The average Bonchev–Trinajstić information content (AvgIpc) is 2.07. The normalized spacial score (nSPS) is 22.4. The van der Waals surface area contributed by atoms with Crippen LogP contribution in [-0.2, 0) is 0 Å². The third kappa shape index (κ3) is 4.37. The van der Waals surface area contributed by atoms with E-state index < -0.39 is 0 Å². The average molecular weight is 201 g/mol. The molecule has 0 bridgehead atoms. The van der Waals surface area contributed by atoms with Crippen LogP contribution in [0.4, 0.5) is 0 Å². The molecule has 1 aliphatic rings. The SMILES string of the molecule is CCC(C)SCC(N)CC1CCC1. The zero-order valence-corrected chi connectivity index (χ0v) is 9.78. The fourth-order valence-corrected chi connectivity index (χ4v) is 2.58. The van der Waals surface area contributed by atoms with Crippen LogP contribution in [0.1, 0.15) is 46.0 Å². The van der Waals surface area contributed by atoms with Crippen molar-refractivity contribution >= 4 is 11.8 Å². The van der Waals surface area contributed by atoms with Crippen molar-refractivity contribution in [1.82, 2.24) is 0 Å². The molecule has 0 aromatic heterocycles. The molecule has 2 atom stereocenters. The summed E-state index contributed by atoms with van der Waals surface area (Å²) in [6, 6.07) is 0.448. The Hall–Kier alpha value is 0.310. The molecule has 0 aromatic rings. The minimum atomic E-state index is 0.448. The van der Waals surface area contributed by atoms with Crippen molar-refractivity contribution in [1.29, 1.82) is 0 Å². The quantitative estimate of drug-likeness (QED) is 0.715. The number of hydrogen-bond acceptors (Lipinski definition) is 2. The lowest BCUT2D eigenvalue weighted by atomic mass is 9.81. The van der Waals surface area contributed by atoms with Gasteiger partial charge in [-0.05, 0) is 18.8 Å². The smallest absolute Gasteiger partial charge is 0.0133 e. The zero-order valence-electron chi connectivity index (χ0n) is 8.96. The summed E-state index contributed by atoms with van der Waals surface area (Å²) in [5, 5.41) is 0.785. The molecule has 1 fully saturated rings. The summed E-state index contributed by atoms with van der Waals surface area (Å²) in [5.74, 6) is 2.12. The van der Waals surface area contributed by atoms with E-state index in [2.05, 4.69) is 13.8 Å². The molecular formula is C11H23NS. The monoisotopic (exact) mass is 201 g/mol. The number of thioether (sulfide) groups is 1. The molecule has 2 N–H and O–H groups in total. The summed E-state index contributed by atoms with van der Waals surface area (Å²) >= 11 is 2.04. The van der Waals surface area contributed by atoms with E-state index in [0.29, 0.717) is 6.04 Å². The lowest BCUT2D eigenvalue weighted by Crippen LogP contribution is -2.29. The highest BCUT2D eigenvalue weighted by molar-refractivity contribution is 7.99. The standard InChI is InChI=1S/C11H23NS/c1-3-9(2)13-8-11(12)7-10-5-4-6-10/h9-11H,3-8,12H2,1-2H3. The van der Waals surface area contributed by atoms with Gasteiger partial charge in [0.1, 0.15) is 0 Å². The van der Waals surface area contributed by atoms with E-state index in [1.165, 1.54) is 32.1 Å². The van der Waals surface area contributed by atoms with Crippen molar-refractivity contribution in [2.24, 2.45) is 11.7 Å². The van der Waals surface area contributed by atoms with Crippen LogP contribution < -0.4 is 5.73 Å². The maximum atomic E-state index is 6.07. The lowest BCUT2D eigenvalue weighted by Gasteiger charge is -2.28. The van der Waals surface area contributed by atoms with Gasteiger partial charge in [-0.15, -0.1) is 0 Å². The third-order valence-electron chi connectivity index (χ3n) is 3.03. The second kappa shape index (κ2) is 5.92.